The number of carbonyl (C=O) groups excluding carboxylic acids is 2. The first kappa shape index (κ1) is 22.0. The lowest BCUT2D eigenvalue weighted by Gasteiger charge is -2.17. The summed E-state index contributed by atoms with van der Waals surface area (Å²) in [6, 6.07) is 4.24. The Morgan fingerprint density at radius 2 is 1.90 bits per heavy atom. The van der Waals surface area contributed by atoms with Gasteiger partial charge in [-0.1, -0.05) is 5.57 Å². The summed E-state index contributed by atoms with van der Waals surface area (Å²) in [5, 5.41) is 5.79. The fraction of sp³-hybridized carbons (Fsp3) is 0.417. The van der Waals surface area contributed by atoms with E-state index in [1.807, 2.05) is 27.7 Å². The van der Waals surface area contributed by atoms with Crippen LogP contribution in [0.2, 0.25) is 0 Å². The molecule has 0 aromatic heterocycles. The van der Waals surface area contributed by atoms with Crippen LogP contribution in [0.15, 0.2) is 46.6 Å². The van der Waals surface area contributed by atoms with Crippen molar-refractivity contribution in [1.82, 2.24) is 10.2 Å². The number of fused-ring (bicyclic) bond motifs is 1. The van der Waals surface area contributed by atoms with Gasteiger partial charge in [-0.05, 0) is 89.0 Å². The zero-order valence-electron chi connectivity index (χ0n) is 18.2. The quantitative estimate of drug-likeness (QED) is 0.548. The highest BCUT2D eigenvalue weighted by Gasteiger charge is 2.25. The molecule has 1 fully saturated rings. The smallest absolute Gasteiger partial charge is 0.256 e. The second kappa shape index (κ2) is 9.39. The van der Waals surface area contributed by atoms with E-state index in [0.717, 1.165) is 36.4 Å². The Morgan fingerprint density at radius 1 is 1.20 bits per heavy atom. The van der Waals surface area contributed by atoms with Crippen LogP contribution in [0.3, 0.4) is 0 Å². The maximum absolute atomic E-state index is 13.7. The number of hydrogen-bond acceptors (Lipinski definition) is 3. The van der Waals surface area contributed by atoms with E-state index in [2.05, 4.69) is 15.5 Å². The molecule has 0 aliphatic carbocycles. The Bertz CT molecular complexity index is 949. The summed E-state index contributed by atoms with van der Waals surface area (Å²) < 4.78 is 13.7. The molecule has 160 valence electrons. The summed E-state index contributed by atoms with van der Waals surface area (Å²) in [7, 11) is 0. The number of carbonyl (C=O) groups is 2. The fourth-order valence-corrected chi connectivity index (χ4v) is 4.02. The Morgan fingerprint density at radius 3 is 2.57 bits per heavy atom. The van der Waals surface area contributed by atoms with Crippen molar-refractivity contribution in [3.63, 3.8) is 0 Å². The van der Waals surface area contributed by atoms with Gasteiger partial charge >= 0.3 is 0 Å². The summed E-state index contributed by atoms with van der Waals surface area (Å²) >= 11 is 0. The molecule has 0 radical (unpaired) electrons. The predicted molar refractivity (Wildman–Crippen MR) is 118 cm³/mol. The molecule has 0 spiro atoms. The van der Waals surface area contributed by atoms with Gasteiger partial charge < -0.3 is 15.5 Å². The molecule has 1 saturated heterocycles. The number of rotatable bonds is 6. The van der Waals surface area contributed by atoms with Crippen LogP contribution in [-0.4, -0.2) is 42.9 Å². The molecule has 1 aromatic rings. The third-order valence-corrected chi connectivity index (χ3v) is 5.73. The van der Waals surface area contributed by atoms with Gasteiger partial charge in [-0.3, -0.25) is 9.59 Å². The second-order valence-electron chi connectivity index (χ2n) is 8.19. The van der Waals surface area contributed by atoms with Crippen LogP contribution in [0.4, 0.5) is 10.1 Å². The number of halogens is 1. The SMILES string of the molecule is CC(C)=C(C(=O)NCCN1CCCC1)/C(C)=C(C)/C=C1\C(=O)Nc2ccc(F)cc21. The first-order valence-corrected chi connectivity index (χ1v) is 10.5. The zero-order valence-corrected chi connectivity index (χ0v) is 18.2. The highest BCUT2D eigenvalue weighted by Crippen LogP contribution is 2.33. The molecule has 30 heavy (non-hydrogen) atoms. The van der Waals surface area contributed by atoms with Crippen molar-refractivity contribution in [3.05, 3.63) is 57.9 Å². The number of anilines is 1. The monoisotopic (exact) mass is 411 g/mol. The van der Waals surface area contributed by atoms with Crippen LogP contribution in [0.25, 0.3) is 5.57 Å². The summed E-state index contributed by atoms with van der Waals surface area (Å²) in [6.07, 6.45) is 4.18. The van der Waals surface area contributed by atoms with Crippen LogP contribution < -0.4 is 10.6 Å². The van der Waals surface area contributed by atoms with E-state index in [1.54, 1.807) is 12.1 Å². The Balaban J connectivity index is 1.80. The highest BCUT2D eigenvalue weighted by molar-refractivity contribution is 6.31. The number of nitrogens with zero attached hydrogens (tertiary/aromatic N) is 1. The van der Waals surface area contributed by atoms with E-state index >= 15 is 0 Å². The van der Waals surface area contributed by atoms with Crippen molar-refractivity contribution in [2.45, 2.75) is 40.5 Å². The summed E-state index contributed by atoms with van der Waals surface area (Å²) in [4.78, 5) is 27.6. The number of benzene rings is 1. The lowest BCUT2D eigenvalue weighted by molar-refractivity contribution is -0.117. The van der Waals surface area contributed by atoms with Crippen molar-refractivity contribution in [3.8, 4) is 0 Å². The van der Waals surface area contributed by atoms with Crippen LogP contribution in [0, 0.1) is 5.82 Å². The summed E-state index contributed by atoms with van der Waals surface area (Å²) in [6.45, 7) is 11.2. The van der Waals surface area contributed by atoms with Crippen molar-refractivity contribution >= 4 is 23.1 Å². The molecule has 0 atom stereocenters. The van der Waals surface area contributed by atoms with Gasteiger partial charge in [0, 0.05) is 35.5 Å². The number of likely N-dealkylation sites (tertiary alicyclic amines) is 1. The van der Waals surface area contributed by atoms with E-state index in [9.17, 15) is 14.0 Å². The first-order valence-electron chi connectivity index (χ1n) is 10.5. The van der Waals surface area contributed by atoms with E-state index < -0.39 is 5.82 Å². The molecule has 0 unspecified atom stereocenters. The first-order chi connectivity index (χ1) is 14.3. The Kier molecular flexibility index (Phi) is 6.87. The lowest BCUT2D eigenvalue weighted by atomic mass is 9.95. The van der Waals surface area contributed by atoms with Gasteiger partial charge in [0.1, 0.15) is 5.82 Å². The zero-order chi connectivity index (χ0) is 21.8. The molecule has 2 N–H and O–H groups in total. The number of hydrogen-bond donors (Lipinski definition) is 2. The van der Waals surface area contributed by atoms with E-state index in [4.69, 9.17) is 0 Å². The molecule has 1 aromatic carbocycles. The molecular formula is C24H30FN3O2. The van der Waals surface area contributed by atoms with Gasteiger partial charge in [0.15, 0.2) is 0 Å². The molecule has 2 amide bonds. The van der Waals surface area contributed by atoms with Crippen LogP contribution in [-0.2, 0) is 9.59 Å². The number of allylic oxidation sites excluding steroid dienone is 3. The third kappa shape index (κ3) is 4.87. The molecule has 5 nitrogen and oxygen atoms in total. The molecule has 3 rings (SSSR count). The van der Waals surface area contributed by atoms with E-state index in [1.165, 1.54) is 25.0 Å². The molecule has 0 saturated carbocycles. The fourth-order valence-electron chi connectivity index (χ4n) is 4.02. The van der Waals surface area contributed by atoms with Gasteiger partial charge in [0.25, 0.3) is 11.8 Å². The van der Waals surface area contributed by atoms with Crippen molar-refractivity contribution in [2.75, 3.05) is 31.5 Å². The van der Waals surface area contributed by atoms with Gasteiger partial charge in [-0.2, -0.15) is 0 Å². The minimum absolute atomic E-state index is 0.105. The minimum atomic E-state index is -0.392. The molecule has 2 heterocycles. The predicted octanol–water partition coefficient (Wildman–Crippen LogP) is 4.05. The van der Waals surface area contributed by atoms with Crippen LogP contribution >= 0.6 is 0 Å². The van der Waals surface area contributed by atoms with Crippen LogP contribution in [0.1, 0.15) is 46.1 Å². The van der Waals surface area contributed by atoms with Gasteiger partial charge in [-0.25, -0.2) is 4.39 Å². The normalized spacial score (nSPS) is 18.2. The topological polar surface area (TPSA) is 61.4 Å². The maximum atomic E-state index is 13.7. The van der Waals surface area contributed by atoms with Gasteiger partial charge in [-0.15, -0.1) is 0 Å². The van der Waals surface area contributed by atoms with Crippen molar-refractivity contribution in [1.29, 1.82) is 0 Å². The summed E-state index contributed by atoms with van der Waals surface area (Å²) in [5.41, 5.74) is 4.68. The average molecular weight is 412 g/mol. The van der Waals surface area contributed by atoms with E-state index in [-0.39, 0.29) is 11.8 Å². The number of nitrogens with one attached hydrogen (secondary N) is 2. The molecule has 2 aliphatic heterocycles. The molecular weight excluding hydrogens is 381 g/mol. The van der Waals surface area contributed by atoms with E-state index in [0.29, 0.717) is 28.9 Å². The van der Waals surface area contributed by atoms with Crippen molar-refractivity contribution < 1.29 is 14.0 Å². The second-order valence-corrected chi connectivity index (χ2v) is 8.19. The third-order valence-electron chi connectivity index (χ3n) is 5.73. The lowest BCUT2D eigenvalue weighted by Crippen LogP contribution is -2.34. The average Bonchev–Trinajstić information content (AvgIpc) is 3.30. The Labute approximate surface area is 177 Å². The molecule has 2 aliphatic rings. The Hall–Kier alpha value is -2.73. The van der Waals surface area contributed by atoms with Gasteiger partial charge in [0.05, 0.1) is 0 Å². The molecule has 0 bridgehead atoms. The minimum Gasteiger partial charge on any atom is -0.351 e. The van der Waals surface area contributed by atoms with Crippen molar-refractivity contribution in [2.24, 2.45) is 0 Å². The standard InChI is InChI=1S/C24H30FN3O2/c1-15(2)22(24(30)26-9-12-28-10-5-6-11-28)17(4)16(3)13-20-19-14-18(25)7-8-21(19)27-23(20)29/h7-8,13-14H,5-6,9-12H2,1-4H3,(H,26,30)(H,27,29)/b17-16+,20-13-. The summed E-state index contributed by atoms with van der Waals surface area (Å²) in [5.74, 6) is -0.764. The maximum Gasteiger partial charge on any atom is 0.256 e. The number of amides is 2. The highest BCUT2D eigenvalue weighted by atomic mass is 19.1. The largest absolute Gasteiger partial charge is 0.351 e. The van der Waals surface area contributed by atoms with Gasteiger partial charge in [0.2, 0.25) is 0 Å². The van der Waals surface area contributed by atoms with Crippen LogP contribution in [0.5, 0.6) is 0 Å². The molecule has 6 heteroatoms.